The second kappa shape index (κ2) is 9.27. The highest BCUT2D eigenvalue weighted by molar-refractivity contribution is 7.14. The number of nitrogen functional groups attached to an aromatic ring is 1. The zero-order valence-corrected chi connectivity index (χ0v) is 16.7. The molecule has 0 radical (unpaired) electrons. The van der Waals surface area contributed by atoms with E-state index >= 15 is 0 Å². The molecule has 0 atom stereocenters. The Kier molecular flexibility index (Phi) is 7.99. The maximum atomic E-state index is 12.5. The number of nitrogens with two attached hydrogens (primary N) is 1. The molecular weight excluding hydrogens is 381 g/mol. The molecule has 138 valence electrons. The third-order valence-corrected chi connectivity index (χ3v) is 5.53. The summed E-state index contributed by atoms with van der Waals surface area (Å²) in [4.78, 5) is 17.8. The third-order valence-electron chi connectivity index (χ3n) is 4.21. The first-order valence-electron chi connectivity index (χ1n) is 7.80. The van der Waals surface area contributed by atoms with Crippen molar-refractivity contribution in [3.8, 4) is 5.75 Å². The molecule has 1 fully saturated rings. The lowest BCUT2D eigenvalue weighted by molar-refractivity contribution is 0.103. The first-order chi connectivity index (χ1) is 11.1. The Morgan fingerprint density at radius 3 is 2.60 bits per heavy atom. The van der Waals surface area contributed by atoms with Crippen molar-refractivity contribution in [3.63, 3.8) is 0 Å². The van der Waals surface area contributed by atoms with Gasteiger partial charge in [-0.3, -0.25) is 4.79 Å². The minimum Gasteiger partial charge on any atom is -0.495 e. The van der Waals surface area contributed by atoms with Gasteiger partial charge in [0.2, 0.25) is 0 Å². The summed E-state index contributed by atoms with van der Waals surface area (Å²) in [6, 6.07) is 5.22. The molecule has 3 N–H and O–H groups in total. The fourth-order valence-electron chi connectivity index (χ4n) is 2.98. The maximum absolute atomic E-state index is 12.5. The van der Waals surface area contributed by atoms with Crippen molar-refractivity contribution in [1.82, 2.24) is 4.98 Å². The van der Waals surface area contributed by atoms with Crippen LogP contribution < -0.4 is 15.8 Å². The molecule has 1 aromatic carbocycles. The van der Waals surface area contributed by atoms with Crippen molar-refractivity contribution in [2.24, 2.45) is 0 Å². The van der Waals surface area contributed by atoms with Gasteiger partial charge < -0.3 is 15.8 Å². The third kappa shape index (κ3) is 4.77. The number of methoxy groups -OCH3 is 1. The smallest absolute Gasteiger partial charge is 0.267 e. The molecule has 3 rings (SSSR count). The van der Waals surface area contributed by atoms with Crippen LogP contribution in [0, 0.1) is 6.92 Å². The van der Waals surface area contributed by atoms with Gasteiger partial charge in [-0.15, -0.1) is 36.2 Å². The van der Waals surface area contributed by atoms with E-state index in [-0.39, 0.29) is 30.7 Å². The van der Waals surface area contributed by atoms with E-state index in [0.29, 0.717) is 27.9 Å². The van der Waals surface area contributed by atoms with Gasteiger partial charge in [-0.2, -0.15) is 0 Å². The topological polar surface area (TPSA) is 77.2 Å². The number of aryl methyl sites for hydroxylation is 1. The van der Waals surface area contributed by atoms with Gasteiger partial charge in [0.15, 0.2) is 0 Å². The van der Waals surface area contributed by atoms with E-state index in [0.717, 1.165) is 10.7 Å². The standard InChI is InChI=1S/C17H21N3O2S.2ClH/c1-10-15(23-17(19-10)11-5-3-4-6-11)16(21)20-12-7-8-14(22-2)13(18)9-12;;/h7-9,11H,3-6,18H2,1-2H3,(H,20,21);2*1H. The zero-order valence-electron chi connectivity index (χ0n) is 14.2. The zero-order chi connectivity index (χ0) is 16.4. The van der Waals surface area contributed by atoms with Crippen LogP contribution in [0.5, 0.6) is 5.75 Å². The minimum absolute atomic E-state index is 0. The summed E-state index contributed by atoms with van der Waals surface area (Å²) in [6.45, 7) is 1.90. The van der Waals surface area contributed by atoms with E-state index in [9.17, 15) is 4.79 Å². The Labute approximate surface area is 164 Å². The summed E-state index contributed by atoms with van der Waals surface area (Å²) in [5.41, 5.74) is 7.83. The van der Waals surface area contributed by atoms with Crippen molar-refractivity contribution in [2.75, 3.05) is 18.2 Å². The van der Waals surface area contributed by atoms with Crippen LogP contribution in [-0.4, -0.2) is 18.0 Å². The molecule has 2 aromatic rings. The van der Waals surface area contributed by atoms with Gasteiger partial charge in [-0.1, -0.05) is 12.8 Å². The predicted octanol–water partition coefficient (Wildman–Crippen LogP) is 4.80. The summed E-state index contributed by atoms with van der Waals surface area (Å²) in [7, 11) is 1.56. The second-order valence-corrected chi connectivity index (χ2v) is 6.89. The highest BCUT2D eigenvalue weighted by Gasteiger charge is 2.23. The lowest BCUT2D eigenvalue weighted by atomic mass is 10.1. The van der Waals surface area contributed by atoms with Crippen molar-refractivity contribution < 1.29 is 9.53 Å². The van der Waals surface area contributed by atoms with Gasteiger partial charge in [-0.25, -0.2) is 4.98 Å². The lowest BCUT2D eigenvalue weighted by Crippen LogP contribution is -2.11. The fourth-order valence-corrected chi connectivity index (χ4v) is 4.11. The van der Waals surface area contributed by atoms with Crippen molar-refractivity contribution in [3.05, 3.63) is 33.8 Å². The van der Waals surface area contributed by atoms with Crippen molar-refractivity contribution in [1.29, 1.82) is 0 Å². The van der Waals surface area contributed by atoms with E-state index in [4.69, 9.17) is 10.5 Å². The maximum Gasteiger partial charge on any atom is 0.267 e. The number of hydrogen-bond acceptors (Lipinski definition) is 5. The van der Waals surface area contributed by atoms with Crippen molar-refractivity contribution in [2.45, 2.75) is 38.5 Å². The first kappa shape index (κ1) is 21.5. The number of amides is 1. The quantitative estimate of drug-likeness (QED) is 0.718. The molecule has 1 heterocycles. The predicted molar refractivity (Wildman–Crippen MR) is 108 cm³/mol. The Bertz CT molecular complexity index is 731. The molecule has 25 heavy (non-hydrogen) atoms. The second-order valence-electron chi connectivity index (χ2n) is 5.86. The van der Waals surface area contributed by atoms with Crippen LogP contribution >= 0.6 is 36.2 Å². The number of aromatic nitrogens is 1. The van der Waals surface area contributed by atoms with Gasteiger partial charge in [0, 0.05) is 11.6 Å². The summed E-state index contributed by atoms with van der Waals surface area (Å²) in [5.74, 6) is 0.992. The Morgan fingerprint density at radius 1 is 1.32 bits per heavy atom. The number of carbonyl (C=O) groups excluding carboxylic acids is 1. The molecule has 1 amide bonds. The number of ether oxygens (including phenoxy) is 1. The number of halogens is 2. The van der Waals surface area contributed by atoms with E-state index in [1.165, 1.54) is 37.0 Å². The Balaban J connectivity index is 0.00000156. The molecule has 1 aromatic heterocycles. The summed E-state index contributed by atoms with van der Waals surface area (Å²) < 4.78 is 5.12. The number of anilines is 2. The molecule has 1 aliphatic carbocycles. The average molecular weight is 404 g/mol. The van der Waals surface area contributed by atoms with E-state index in [1.54, 1.807) is 25.3 Å². The van der Waals surface area contributed by atoms with Gasteiger partial charge in [0.25, 0.3) is 5.91 Å². The van der Waals surface area contributed by atoms with Crippen molar-refractivity contribution >= 4 is 53.4 Å². The van der Waals surface area contributed by atoms with Gasteiger partial charge in [0.05, 0.1) is 23.5 Å². The molecule has 0 unspecified atom stereocenters. The number of rotatable bonds is 4. The number of hydrogen-bond donors (Lipinski definition) is 2. The molecule has 0 bridgehead atoms. The normalized spacial score (nSPS) is 13.7. The van der Waals surface area contributed by atoms with Crippen LogP contribution in [0.4, 0.5) is 11.4 Å². The molecule has 5 nitrogen and oxygen atoms in total. The minimum atomic E-state index is -0.131. The lowest BCUT2D eigenvalue weighted by Gasteiger charge is -2.08. The molecule has 8 heteroatoms. The average Bonchev–Trinajstić information content (AvgIpc) is 3.16. The fraction of sp³-hybridized carbons (Fsp3) is 0.412. The number of thiazole rings is 1. The largest absolute Gasteiger partial charge is 0.495 e. The van der Waals surface area contributed by atoms with E-state index in [2.05, 4.69) is 10.3 Å². The molecular formula is C17H23Cl2N3O2S. The highest BCUT2D eigenvalue weighted by atomic mass is 35.5. The summed E-state index contributed by atoms with van der Waals surface area (Å²) >= 11 is 1.52. The van der Waals surface area contributed by atoms with Crippen LogP contribution in [0.15, 0.2) is 18.2 Å². The SMILES string of the molecule is COc1ccc(NC(=O)c2sc(C3CCCC3)nc2C)cc1N.Cl.Cl. The summed E-state index contributed by atoms with van der Waals surface area (Å²) in [6.07, 6.45) is 4.89. The summed E-state index contributed by atoms with van der Waals surface area (Å²) in [5, 5.41) is 3.99. The number of carbonyl (C=O) groups is 1. The molecule has 0 spiro atoms. The molecule has 0 aliphatic heterocycles. The Morgan fingerprint density at radius 2 is 2.00 bits per heavy atom. The number of benzene rings is 1. The first-order valence-corrected chi connectivity index (χ1v) is 8.62. The van der Waals surface area contributed by atoms with E-state index < -0.39 is 0 Å². The van der Waals surface area contributed by atoms with Crippen LogP contribution in [0.25, 0.3) is 0 Å². The van der Waals surface area contributed by atoms with Crippen LogP contribution in [0.2, 0.25) is 0 Å². The number of nitrogens with one attached hydrogen (secondary N) is 1. The molecule has 1 aliphatic rings. The molecule has 1 saturated carbocycles. The van der Waals surface area contributed by atoms with Gasteiger partial charge in [0.1, 0.15) is 10.6 Å². The van der Waals surface area contributed by atoms with E-state index in [1.807, 2.05) is 6.92 Å². The van der Waals surface area contributed by atoms with Gasteiger partial charge in [-0.05, 0) is 38.0 Å². The molecule has 0 saturated heterocycles. The van der Waals surface area contributed by atoms with Gasteiger partial charge >= 0.3 is 0 Å². The monoisotopic (exact) mass is 403 g/mol. The van der Waals surface area contributed by atoms with Crippen LogP contribution in [-0.2, 0) is 0 Å². The number of nitrogens with zero attached hydrogens (tertiary/aromatic N) is 1. The van der Waals surface area contributed by atoms with Crippen LogP contribution in [0.3, 0.4) is 0 Å². The Hall–Kier alpha value is -1.50. The highest BCUT2D eigenvalue weighted by Crippen LogP contribution is 2.37. The van der Waals surface area contributed by atoms with Crippen LogP contribution in [0.1, 0.15) is 52.0 Å².